The Morgan fingerprint density at radius 1 is 1.04 bits per heavy atom. The smallest absolute Gasteiger partial charge is 0.275 e. The van der Waals surface area contributed by atoms with Crippen LogP contribution in [0.25, 0.3) is 5.82 Å². The van der Waals surface area contributed by atoms with E-state index in [2.05, 4.69) is 20.7 Å². The van der Waals surface area contributed by atoms with Gasteiger partial charge in [0.15, 0.2) is 5.82 Å². The van der Waals surface area contributed by atoms with Gasteiger partial charge in [0, 0.05) is 24.0 Å². The number of hydrogen-bond acceptors (Lipinski definition) is 4. The Morgan fingerprint density at radius 3 is 2.32 bits per heavy atom. The number of aryl methyl sites for hydroxylation is 2. The Bertz CT molecular complexity index is 1070. The minimum atomic E-state index is -0.448. The average Bonchev–Trinajstić information content (AvgIpc) is 2.96. The third-order valence-corrected chi connectivity index (χ3v) is 4.47. The van der Waals surface area contributed by atoms with E-state index in [1.807, 2.05) is 26.8 Å². The Balaban J connectivity index is 1.92. The Morgan fingerprint density at radius 2 is 1.71 bits per heavy atom. The van der Waals surface area contributed by atoms with Gasteiger partial charge in [-0.05, 0) is 56.7 Å². The molecule has 0 bridgehead atoms. The van der Waals surface area contributed by atoms with Crippen molar-refractivity contribution in [2.24, 2.45) is 0 Å². The molecule has 2 amide bonds. The summed E-state index contributed by atoms with van der Waals surface area (Å²) in [5.41, 5.74) is 3.77. The molecule has 0 saturated heterocycles. The maximum atomic E-state index is 12.8. The summed E-state index contributed by atoms with van der Waals surface area (Å²) in [5, 5.41) is 10.2. The molecule has 0 fully saturated rings. The second-order valence-electron chi connectivity index (χ2n) is 6.45. The van der Waals surface area contributed by atoms with Crippen LogP contribution in [0.2, 0.25) is 5.02 Å². The third kappa shape index (κ3) is 4.04. The van der Waals surface area contributed by atoms with Gasteiger partial charge in [0.25, 0.3) is 5.91 Å². The fourth-order valence-electron chi connectivity index (χ4n) is 2.85. The Kier molecular flexibility index (Phi) is 5.46. The van der Waals surface area contributed by atoms with Crippen molar-refractivity contribution in [3.63, 3.8) is 0 Å². The molecule has 2 aromatic heterocycles. The summed E-state index contributed by atoms with van der Waals surface area (Å²) in [6, 6.07) is 10.5. The molecule has 0 aliphatic rings. The highest BCUT2D eigenvalue weighted by Gasteiger charge is 2.17. The van der Waals surface area contributed by atoms with Gasteiger partial charge in [0.2, 0.25) is 5.91 Å². The van der Waals surface area contributed by atoms with Crippen LogP contribution in [0.5, 0.6) is 0 Å². The van der Waals surface area contributed by atoms with E-state index in [0.717, 1.165) is 17.0 Å². The second-order valence-corrected chi connectivity index (χ2v) is 6.86. The lowest BCUT2D eigenvalue weighted by Gasteiger charge is -2.13. The average molecular weight is 398 g/mol. The van der Waals surface area contributed by atoms with Crippen molar-refractivity contribution in [2.45, 2.75) is 27.7 Å². The van der Waals surface area contributed by atoms with Crippen molar-refractivity contribution >= 4 is 34.8 Å². The van der Waals surface area contributed by atoms with Crippen molar-refractivity contribution in [1.82, 2.24) is 14.8 Å². The number of amides is 2. The molecule has 0 radical (unpaired) electrons. The molecule has 3 aromatic rings. The van der Waals surface area contributed by atoms with Crippen LogP contribution in [-0.4, -0.2) is 26.6 Å². The molecule has 8 heteroatoms. The quantitative estimate of drug-likeness (QED) is 0.694. The zero-order valence-electron chi connectivity index (χ0n) is 16.0. The first-order chi connectivity index (χ1) is 13.3. The van der Waals surface area contributed by atoms with Crippen LogP contribution in [0.3, 0.4) is 0 Å². The van der Waals surface area contributed by atoms with E-state index in [1.54, 1.807) is 35.0 Å². The minimum absolute atomic E-state index is 0.0936. The lowest BCUT2D eigenvalue weighted by Crippen LogP contribution is -2.17. The number of aromatic nitrogens is 3. The summed E-state index contributed by atoms with van der Waals surface area (Å²) in [6.45, 7) is 7.03. The summed E-state index contributed by atoms with van der Waals surface area (Å²) in [4.78, 5) is 28.6. The van der Waals surface area contributed by atoms with Crippen molar-refractivity contribution in [2.75, 3.05) is 10.6 Å². The predicted octanol–water partition coefficient (Wildman–Crippen LogP) is 4.06. The molecule has 28 heavy (non-hydrogen) atoms. The molecule has 7 nitrogen and oxygen atoms in total. The van der Waals surface area contributed by atoms with Crippen LogP contribution < -0.4 is 10.6 Å². The normalized spacial score (nSPS) is 10.6. The van der Waals surface area contributed by atoms with Crippen LogP contribution in [0.1, 0.15) is 34.4 Å². The lowest BCUT2D eigenvalue weighted by molar-refractivity contribution is -0.114. The summed E-state index contributed by atoms with van der Waals surface area (Å²) in [7, 11) is 0. The molecule has 0 aliphatic heterocycles. The van der Waals surface area contributed by atoms with Crippen molar-refractivity contribution < 1.29 is 9.59 Å². The first-order valence-electron chi connectivity index (χ1n) is 8.65. The minimum Gasteiger partial charge on any atom is -0.326 e. The largest absolute Gasteiger partial charge is 0.326 e. The molecule has 1 aromatic carbocycles. The summed E-state index contributed by atoms with van der Waals surface area (Å²) in [5.74, 6) is -0.130. The van der Waals surface area contributed by atoms with Crippen LogP contribution >= 0.6 is 11.6 Å². The molecular formula is C20H20ClN5O2. The predicted molar refractivity (Wildman–Crippen MR) is 109 cm³/mol. The van der Waals surface area contributed by atoms with Gasteiger partial charge in [0.1, 0.15) is 5.69 Å². The maximum absolute atomic E-state index is 12.8. The molecular weight excluding hydrogens is 378 g/mol. The highest BCUT2D eigenvalue weighted by atomic mass is 35.5. The number of rotatable bonds is 4. The van der Waals surface area contributed by atoms with E-state index in [1.165, 1.54) is 6.92 Å². The fraction of sp³-hybridized carbons (Fsp3) is 0.200. The molecule has 144 valence electrons. The number of nitrogens with zero attached hydrogens (tertiary/aromatic N) is 3. The number of carbonyl (C=O) groups is 2. The van der Waals surface area contributed by atoms with Gasteiger partial charge >= 0.3 is 0 Å². The van der Waals surface area contributed by atoms with Crippen molar-refractivity contribution in [3.8, 4) is 5.82 Å². The van der Waals surface area contributed by atoms with Gasteiger partial charge in [-0.1, -0.05) is 17.7 Å². The fourth-order valence-corrected chi connectivity index (χ4v) is 3.04. The molecule has 0 aliphatic carbocycles. The number of nitrogens with one attached hydrogen (secondary N) is 2. The SMILES string of the molecule is CC(=O)Nc1cccc(NC(=O)c2nc(-n3nc(C)cc3C)ccc2Cl)c1C. The van der Waals surface area contributed by atoms with Gasteiger partial charge in [-0.3, -0.25) is 9.59 Å². The Labute approximate surface area is 167 Å². The van der Waals surface area contributed by atoms with Crippen LogP contribution in [0.4, 0.5) is 11.4 Å². The van der Waals surface area contributed by atoms with Crippen molar-refractivity contribution in [3.05, 3.63) is 64.1 Å². The lowest BCUT2D eigenvalue weighted by atomic mass is 10.1. The third-order valence-electron chi connectivity index (χ3n) is 4.17. The number of pyridine rings is 1. The molecule has 0 saturated carbocycles. The molecule has 0 unspecified atom stereocenters. The maximum Gasteiger partial charge on any atom is 0.275 e. The van der Waals surface area contributed by atoms with E-state index in [-0.39, 0.29) is 16.6 Å². The standard InChI is InChI=1S/C20H20ClN5O2/c1-11-10-12(2)26(25-11)18-9-8-15(21)19(24-18)20(28)23-17-7-5-6-16(13(17)3)22-14(4)27/h5-10H,1-4H3,(H,22,27)(H,23,28). The van der Waals surface area contributed by atoms with Crippen LogP contribution in [0, 0.1) is 20.8 Å². The number of carbonyl (C=O) groups excluding carboxylic acids is 2. The van der Waals surface area contributed by atoms with Gasteiger partial charge in [-0.15, -0.1) is 0 Å². The van der Waals surface area contributed by atoms with E-state index < -0.39 is 5.91 Å². The monoisotopic (exact) mass is 397 g/mol. The van der Waals surface area contributed by atoms with Gasteiger partial charge in [-0.25, -0.2) is 9.67 Å². The summed E-state index contributed by atoms with van der Waals surface area (Å²) >= 11 is 6.22. The Hall–Kier alpha value is -3.19. The zero-order chi connectivity index (χ0) is 20.4. The number of hydrogen-bond donors (Lipinski definition) is 2. The van der Waals surface area contributed by atoms with Crippen LogP contribution in [0.15, 0.2) is 36.4 Å². The van der Waals surface area contributed by atoms with Gasteiger partial charge in [-0.2, -0.15) is 5.10 Å². The molecule has 2 heterocycles. The first-order valence-corrected chi connectivity index (χ1v) is 9.03. The van der Waals surface area contributed by atoms with E-state index in [9.17, 15) is 9.59 Å². The zero-order valence-corrected chi connectivity index (χ0v) is 16.8. The molecule has 3 rings (SSSR count). The summed E-state index contributed by atoms with van der Waals surface area (Å²) in [6.07, 6.45) is 0. The highest BCUT2D eigenvalue weighted by molar-refractivity contribution is 6.34. The van der Waals surface area contributed by atoms with E-state index >= 15 is 0 Å². The second kappa shape index (κ2) is 7.82. The van der Waals surface area contributed by atoms with Gasteiger partial charge < -0.3 is 10.6 Å². The topological polar surface area (TPSA) is 88.9 Å². The number of benzene rings is 1. The summed E-state index contributed by atoms with van der Waals surface area (Å²) < 4.78 is 1.66. The first kappa shape index (κ1) is 19.6. The molecule has 2 N–H and O–H groups in total. The number of anilines is 2. The van der Waals surface area contributed by atoms with Crippen LogP contribution in [-0.2, 0) is 4.79 Å². The van der Waals surface area contributed by atoms with Gasteiger partial charge in [0.05, 0.1) is 10.7 Å². The van der Waals surface area contributed by atoms with E-state index in [0.29, 0.717) is 17.2 Å². The molecule has 0 atom stereocenters. The number of halogens is 1. The molecule has 0 spiro atoms. The van der Waals surface area contributed by atoms with Crippen molar-refractivity contribution in [1.29, 1.82) is 0 Å². The highest BCUT2D eigenvalue weighted by Crippen LogP contribution is 2.25. The van der Waals surface area contributed by atoms with E-state index in [4.69, 9.17) is 11.6 Å².